The molecule has 10 heavy (non-hydrogen) atoms. The van der Waals surface area contributed by atoms with Crippen molar-refractivity contribution in [2.45, 2.75) is 37.8 Å². The van der Waals surface area contributed by atoms with Crippen molar-refractivity contribution in [3.63, 3.8) is 0 Å². The van der Waals surface area contributed by atoms with E-state index in [1.54, 1.807) is 6.92 Å². The Balaban J connectivity index is 2.46. The van der Waals surface area contributed by atoms with Gasteiger partial charge in [-0.1, -0.05) is 0 Å². The zero-order valence-corrected chi connectivity index (χ0v) is 5.90. The van der Waals surface area contributed by atoms with Gasteiger partial charge in [-0.25, -0.2) is 0 Å². The fourth-order valence-electron chi connectivity index (χ4n) is 1.16. The van der Waals surface area contributed by atoms with Crippen molar-refractivity contribution in [2.24, 2.45) is 0 Å². The Bertz CT molecular complexity index is 113. The summed E-state index contributed by atoms with van der Waals surface area (Å²) < 4.78 is 5.01. The molecule has 0 aromatic heterocycles. The molecule has 0 spiro atoms. The molecule has 0 amide bonds. The predicted molar refractivity (Wildman–Crippen MR) is 35.3 cm³/mol. The molecule has 0 saturated carbocycles. The van der Waals surface area contributed by atoms with Gasteiger partial charge in [0.1, 0.15) is 6.10 Å². The van der Waals surface area contributed by atoms with E-state index in [1.807, 2.05) is 0 Å². The monoisotopic (exact) mass is 144 g/mol. The Hall–Kier alpha value is -0.120. The number of hydrogen-bond acceptors (Lipinski definition) is 3. The van der Waals surface area contributed by atoms with Gasteiger partial charge in [0.15, 0.2) is 0 Å². The van der Waals surface area contributed by atoms with Crippen molar-refractivity contribution in [2.75, 3.05) is 0 Å². The molecule has 1 rings (SSSR count). The van der Waals surface area contributed by atoms with Crippen molar-refractivity contribution in [3.8, 4) is 0 Å². The second-order valence-electron chi connectivity index (χ2n) is 2.68. The highest BCUT2D eigenvalue weighted by Crippen LogP contribution is 2.21. The van der Waals surface area contributed by atoms with Crippen LogP contribution in [0.1, 0.15) is 13.3 Å². The highest BCUT2D eigenvalue weighted by molar-refractivity contribution is 4.85. The van der Waals surface area contributed by atoms with Crippen LogP contribution in [-0.4, -0.2) is 34.6 Å². The average Bonchev–Trinajstić information content (AvgIpc) is 2.10. The lowest BCUT2D eigenvalue weighted by molar-refractivity contribution is -0.0497. The Kier molecular flexibility index (Phi) is 2.28. The maximum Gasteiger partial charge on any atom is 0.109 e. The minimum atomic E-state index is -0.649. The summed E-state index contributed by atoms with van der Waals surface area (Å²) in [5.41, 5.74) is 0. The van der Waals surface area contributed by atoms with E-state index in [2.05, 4.69) is 0 Å². The molecule has 1 heterocycles. The van der Waals surface area contributed by atoms with Gasteiger partial charge in [0.25, 0.3) is 0 Å². The van der Waals surface area contributed by atoms with E-state index in [0.29, 0.717) is 6.42 Å². The van der Waals surface area contributed by atoms with Gasteiger partial charge in [0.2, 0.25) is 0 Å². The molecule has 0 aliphatic carbocycles. The molecular weight excluding hydrogens is 132 g/mol. The normalized spacial score (nSPS) is 43.8. The van der Waals surface area contributed by atoms with E-state index in [1.165, 1.54) is 0 Å². The molecule has 1 unspecified atom stereocenters. The standard InChI is InChI=1S/C7H12O3/c1-4-3-6(9)7(10-4)5(2)8/h1,4-9H,3H2,2H3/t4-,5?,6+,7-/m0/s1. The summed E-state index contributed by atoms with van der Waals surface area (Å²) >= 11 is 0. The van der Waals surface area contributed by atoms with Crippen LogP contribution in [0.25, 0.3) is 0 Å². The Morgan fingerprint density at radius 1 is 1.70 bits per heavy atom. The Morgan fingerprint density at radius 3 is 2.50 bits per heavy atom. The molecule has 2 N–H and O–H groups in total. The highest BCUT2D eigenvalue weighted by Gasteiger charge is 2.34. The second kappa shape index (κ2) is 2.86. The molecule has 1 aliphatic rings. The van der Waals surface area contributed by atoms with Crippen LogP contribution in [-0.2, 0) is 4.74 Å². The SMILES string of the molecule is [CH][C@H]1C[C@@H](O)[C@H](C(C)O)O1. The van der Waals surface area contributed by atoms with Crippen LogP contribution < -0.4 is 0 Å². The van der Waals surface area contributed by atoms with E-state index >= 15 is 0 Å². The van der Waals surface area contributed by atoms with Crippen LogP contribution in [0.2, 0.25) is 0 Å². The predicted octanol–water partition coefficient (Wildman–Crippen LogP) is -0.403. The second-order valence-corrected chi connectivity index (χ2v) is 2.68. The van der Waals surface area contributed by atoms with Gasteiger partial charge in [0, 0.05) is 6.42 Å². The van der Waals surface area contributed by atoms with Gasteiger partial charge in [0.05, 0.1) is 18.3 Å². The molecule has 1 aliphatic heterocycles. The lowest BCUT2D eigenvalue weighted by Gasteiger charge is -2.16. The molecule has 0 aromatic carbocycles. The largest absolute Gasteiger partial charge is 0.391 e. The van der Waals surface area contributed by atoms with Gasteiger partial charge in [-0.3, -0.25) is 0 Å². The average molecular weight is 144 g/mol. The molecule has 0 bridgehead atoms. The first-order chi connectivity index (χ1) is 4.61. The molecule has 1 saturated heterocycles. The van der Waals surface area contributed by atoms with Gasteiger partial charge in [-0.05, 0) is 13.8 Å². The van der Waals surface area contributed by atoms with E-state index in [9.17, 15) is 0 Å². The third-order valence-electron chi connectivity index (χ3n) is 1.66. The van der Waals surface area contributed by atoms with Crippen molar-refractivity contribution < 1.29 is 14.9 Å². The number of hydrogen-bond donors (Lipinski definition) is 2. The van der Waals surface area contributed by atoms with Gasteiger partial charge in [-0.15, -0.1) is 0 Å². The maximum absolute atomic E-state index is 9.16. The number of aliphatic hydroxyl groups excluding tert-OH is 2. The van der Waals surface area contributed by atoms with Crippen molar-refractivity contribution in [3.05, 3.63) is 6.92 Å². The smallest absolute Gasteiger partial charge is 0.109 e. The van der Waals surface area contributed by atoms with Crippen LogP contribution in [0, 0.1) is 6.92 Å². The van der Waals surface area contributed by atoms with E-state index in [-0.39, 0.29) is 0 Å². The fraction of sp³-hybridized carbons (Fsp3) is 0.857. The van der Waals surface area contributed by atoms with E-state index < -0.39 is 24.4 Å². The minimum absolute atomic E-state index is 0.412. The van der Waals surface area contributed by atoms with Gasteiger partial charge in [-0.2, -0.15) is 0 Å². The highest BCUT2D eigenvalue weighted by atomic mass is 16.5. The van der Waals surface area contributed by atoms with Crippen LogP contribution in [0.5, 0.6) is 0 Å². The molecule has 2 radical (unpaired) electrons. The van der Waals surface area contributed by atoms with Crippen LogP contribution in [0.3, 0.4) is 0 Å². The molecule has 0 aromatic rings. The molecular formula is C7H12O3. The minimum Gasteiger partial charge on any atom is -0.391 e. The van der Waals surface area contributed by atoms with Gasteiger partial charge < -0.3 is 14.9 Å². The maximum atomic E-state index is 9.16. The van der Waals surface area contributed by atoms with Crippen molar-refractivity contribution >= 4 is 0 Å². The Morgan fingerprint density at radius 2 is 2.30 bits per heavy atom. The lowest BCUT2D eigenvalue weighted by Crippen LogP contribution is -2.32. The third kappa shape index (κ3) is 1.48. The van der Waals surface area contributed by atoms with Crippen LogP contribution in [0.4, 0.5) is 0 Å². The van der Waals surface area contributed by atoms with Crippen LogP contribution in [0.15, 0.2) is 0 Å². The zero-order chi connectivity index (χ0) is 7.72. The lowest BCUT2D eigenvalue weighted by atomic mass is 10.1. The summed E-state index contributed by atoms with van der Waals surface area (Å²) in [4.78, 5) is 0. The summed E-state index contributed by atoms with van der Waals surface area (Å²) in [7, 11) is 0. The first-order valence-electron chi connectivity index (χ1n) is 3.38. The molecule has 58 valence electrons. The molecule has 3 nitrogen and oxygen atoms in total. The van der Waals surface area contributed by atoms with Crippen molar-refractivity contribution in [1.29, 1.82) is 0 Å². The fourth-order valence-corrected chi connectivity index (χ4v) is 1.16. The summed E-state index contributed by atoms with van der Waals surface area (Å²) in [5, 5.41) is 18.2. The van der Waals surface area contributed by atoms with Crippen LogP contribution >= 0.6 is 0 Å². The number of aliphatic hydroxyl groups is 2. The third-order valence-corrected chi connectivity index (χ3v) is 1.66. The van der Waals surface area contributed by atoms with E-state index in [4.69, 9.17) is 21.9 Å². The first-order valence-corrected chi connectivity index (χ1v) is 3.38. The molecule has 4 atom stereocenters. The zero-order valence-electron chi connectivity index (χ0n) is 5.90. The first kappa shape index (κ1) is 7.98. The topological polar surface area (TPSA) is 49.7 Å². The summed E-state index contributed by atoms with van der Waals surface area (Å²) in [6, 6.07) is 0. The molecule has 3 heteroatoms. The quantitative estimate of drug-likeness (QED) is 0.526. The van der Waals surface area contributed by atoms with Crippen molar-refractivity contribution in [1.82, 2.24) is 0 Å². The Labute approximate surface area is 60.6 Å². The van der Waals surface area contributed by atoms with E-state index in [0.717, 1.165) is 0 Å². The van der Waals surface area contributed by atoms with Gasteiger partial charge >= 0.3 is 0 Å². The summed E-state index contributed by atoms with van der Waals surface area (Å²) in [6.07, 6.45) is -1.78. The number of ether oxygens (including phenoxy) is 1. The molecule has 1 fully saturated rings. The summed E-state index contributed by atoms with van der Waals surface area (Å²) in [6.45, 7) is 6.94. The number of rotatable bonds is 1. The summed E-state index contributed by atoms with van der Waals surface area (Å²) in [5.74, 6) is 0.